The molecular formula is C12H23F3N2O. The zero-order valence-corrected chi connectivity index (χ0v) is 11.0. The monoisotopic (exact) mass is 268 g/mol. The highest BCUT2D eigenvalue weighted by Crippen LogP contribution is 2.40. The van der Waals surface area contributed by atoms with Gasteiger partial charge in [0.05, 0.1) is 13.2 Å². The predicted octanol–water partition coefficient (Wildman–Crippen LogP) is 1.61. The maximum atomic E-state index is 12.4. The van der Waals surface area contributed by atoms with Crippen LogP contribution < -0.4 is 5.73 Å². The molecule has 0 saturated heterocycles. The highest BCUT2D eigenvalue weighted by molar-refractivity contribution is 4.95. The lowest BCUT2D eigenvalue weighted by Crippen LogP contribution is -2.45. The minimum atomic E-state index is -4.23. The highest BCUT2D eigenvalue weighted by atomic mass is 19.4. The summed E-state index contributed by atoms with van der Waals surface area (Å²) in [7, 11) is 0. The van der Waals surface area contributed by atoms with Gasteiger partial charge in [0.25, 0.3) is 0 Å². The summed E-state index contributed by atoms with van der Waals surface area (Å²) in [6.45, 7) is 3.22. The Hall–Kier alpha value is -0.330. The molecule has 0 aromatic rings. The third kappa shape index (κ3) is 4.40. The SMILES string of the molecule is CC1(C)CCC(CN(CCO)CC(F)(F)F)C1N. The molecule has 1 fully saturated rings. The minimum absolute atomic E-state index is 0.00617. The second-order valence-electron chi connectivity index (χ2n) is 5.89. The molecule has 1 saturated carbocycles. The van der Waals surface area contributed by atoms with E-state index >= 15 is 0 Å². The zero-order chi connectivity index (χ0) is 14.0. The van der Waals surface area contributed by atoms with E-state index in [2.05, 4.69) is 13.8 Å². The van der Waals surface area contributed by atoms with Crippen molar-refractivity contribution in [2.45, 2.75) is 38.9 Å². The lowest BCUT2D eigenvalue weighted by Gasteiger charge is -2.31. The number of aliphatic hydroxyl groups excluding tert-OH is 1. The molecule has 0 heterocycles. The van der Waals surface area contributed by atoms with Crippen LogP contribution in [0.5, 0.6) is 0 Å². The molecule has 0 aliphatic heterocycles. The Labute approximate surface area is 106 Å². The van der Waals surface area contributed by atoms with Gasteiger partial charge < -0.3 is 10.8 Å². The Morgan fingerprint density at radius 2 is 2.00 bits per heavy atom. The molecule has 1 aliphatic carbocycles. The molecule has 2 unspecified atom stereocenters. The van der Waals surface area contributed by atoms with E-state index in [1.54, 1.807) is 0 Å². The van der Waals surface area contributed by atoms with Crippen molar-refractivity contribution in [3.63, 3.8) is 0 Å². The van der Waals surface area contributed by atoms with E-state index in [0.717, 1.165) is 12.8 Å². The Balaban J connectivity index is 2.57. The maximum Gasteiger partial charge on any atom is 0.401 e. The fourth-order valence-corrected chi connectivity index (χ4v) is 2.71. The van der Waals surface area contributed by atoms with Gasteiger partial charge in [-0.3, -0.25) is 4.90 Å². The second kappa shape index (κ2) is 5.75. The van der Waals surface area contributed by atoms with Crippen molar-refractivity contribution >= 4 is 0 Å². The van der Waals surface area contributed by atoms with Gasteiger partial charge in [0.1, 0.15) is 0 Å². The van der Waals surface area contributed by atoms with Crippen molar-refractivity contribution in [3.05, 3.63) is 0 Å². The van der Waals surface area contributed by atoms with Gasteiger partial charge in [-0.15, -0.1) is 0 Å². The summed E-state index contributed by atoms with van der Waals surface area (Å²) in [4.78, 5) is 1.26. The summed E-state index contributed by atoms with van der Waals surface area (Å²) in [5.41, 5.74) is 6.09. The number of hydrogen-bond acceptors (Lipinski definition) is 3. The molecule has 3 N–H and O–H groups in total. The van der Waals surface area contributed by atoms with Crippen LogP contribution in [0, 0.1) is 11.3 Å². The van der Waals surface area contributed by atoms with Crippen LogP contribution in [-0.2, 0) is 0 Å². The summed E-state index contributed by atoms with van der Waals surface area (Å²) in [6, 6.07) is -0.0769. The molecule has 0 amide bonds. The zero-order valence-electron chi connectivity index (χ0n) is 11.0. The van der Waals surface area contributed by atoms with Crippen LogP contribution in [0.15, 0.2) is 0 Å². The number of aliphatic hydroxyl groups is 1. The molecule has 0 bridgehead atoms. The fraction of sp³-hybridized carbons (Fsp3) is 1.00. The molecule has 0 aromatic carbocycles. The quantitative estimate of drug-likeness (QED) is 0.796. The van der Waals surface area contributed by atoms with E-state index < -0.39 is 12.7 Å². The van der Waals surface area contributed by atoms with Gasteiger partial charge in [-0.2, -0.15) is 13.2 Å². The third-order valence-electron chi connectivity index (χ3n) is 3.88. The number of nitrogens with two attached hydrogens (primary N) is 1. The number of alkyl halides is 3. The molecule has 2 atom stereocenters. The average molecular weight is 268 g/mol. The summed E-state index contributed by atoms with van der Waals surface area (Å²) in [5, 5.41) is 8.84. The summed E-state index contributed by atoms with van der Waals surface area (Å²) in [6.07, 6.45) is -2.43. The van der Waals surface area contributed by atoms with Crippen LogP contribution in [0.25, 0.3) is 0 Å². The van der Waals surface area contributed by atoms with Crippen molar-refractivity contribution in [2.24, 2.45) is 17.1 Å². The number of halogens is 3. The van der Waals surface area contributed by atoms with Gasteiger partial charge in [0.15, 0.2) is 0 Å². The van der Waals surface area contributed by atoms with Crippen molar-refractivity contribution in [1.29, 1.82) is 0 Å². The number of hydrogen-bond donors (Lipinski definition) is 2. The summed E-state index contributed by atoms with van der Waals surface area (Å²) >= 11 is 0. The van der Waals surface area contributed by atoms with Gasteiger partial charge in [0.2, 0.25) is 0 Å². The highest BCUT2D eigenvalue weighted by Gasteiger charge is 2.41. The van der Waals surface area contributed by atoms with Crippen LogP contribution in [0.1, 0.15) is 26.7 Å². The summed E-state index contributed by atoms with van der Waals surface area (Å²) in [5.74, 6) is 0.0777. The molecule has 18 heavy (non-hydrogen) atoms. The molecule has 3 nitrogen and oxygen atoms in total. The van der Waals surface area contributed by atoms with Crippen LogP contribution in [0.2, 0.25) is 0 Å². The van der Waals surface area contributed by atoms with Gasteiger partial charge >= 0.3 is 6.18 Å². The van der Waals surface area contributed by atoms with E-state index in [-0.39, 0.29) is 30.5 Å². The Kier molecular flexibility index (Phi) is 5.03. The molecule has 1 aliphatic rings. The number of rotatable bonds is 5. The Morgan fingerprint density at radius 1 is 1.39 bits per heavy atom. The minimum Gasteiger partial charge on any atom is -0.395 e. The largest absolute Gasteiger partial charge is 0.401 e. The van der Waals surface area contributed by atoms with Crippen LogP contribution in [0.4, 0.5) is 13.2 Å². The first kappa shape index (κ1) is 15.7. The predicted molar refractivity (Wildman–Crippen MR) is 64.1 cm³/mol. The van der Waals surface area contributed by atoms with Gasteiger partial charge in [-0.05, 0) is 24.2 Å². The van der Waals surface area contributed by atoms with Gasteiger partial charge in [-0.1, -0.05) is 13.8 Å². The van der Waals surface area contributed by atoms with Crippen molar-refractivity contribution in [2.75, 3.05) is 26.2 Å². The average Bonchev–Trinajstić information content (AvgIpc) is 2.43. The van der Waals surface area contributed by atoms with E-state index in [1.807, 2.05) is 0 Å². The van der Waals surface area contributed by atoms with Crippen LogP contribution in [-0.4, -0.2) is 48.5 Å². The molecular weight excluding hydrogens is 245 g/mol. The standard InChI is InChI=1S/C12H23F3N2O/c1-11(2)4-3-9(10(11)16)7-17(5-6-18)8-12(13,14)15/h9-10,18H,3-8,16H2,1-2H3. The van der Waals surface area contributed by atoms with Gasteiger partial charge in [0, 0.05) is 19.1 Å². The normalized spacial score (nSPS) is 28.0. The number of nitrogens with zero attached hydrogens (tertiary/aromatic N) is 1. The van der Waals surface area contributed by atoms with Crippen LogP contribution in [0.3, 0.4) is 0 Å². The smallest absolute Gasteiger partial charge is 0.395 e. The molecule has 0 aromatic heterocycles. The molecule has 6 heteroatoms. The topological polar surface area (TPSA) is 49.5 Å². The Morgan fingerprint density at radius 3 is 2.39 bits per heavy atom. The van der Waals surface area contributed by atoms with E-state index in [9.17, 15) is 13.2 Å². The second-order valence-corrected chi connectivity index (χ2v) is 5.89. The first-order valence-electron chi connectivity index (χ1n) is 6.31. The van der Waals surface area contributed by atoms with Crippen molar-refractivity contribution < 1.29 is 18.3 Å². The van der Waals surface area contributed by atoms with Crippen molar-refractivity contribution in [3.8, 4) is 0 Å². The maximum absolute atomic E-state index is 12.4. The molecule has 1 rings (SSSR count). The van der Waals surface area contributed by atoms with E-state index in [1.165, 1.54) is 4.90 Å². The molecule has 108 valence electrons. The first-order valence-corrected chi connectivity index (χ1v) is 6.31. The van der Waals surface area contributed by atoms with E-state index in [0.29, 0.717) is 6.54 Å². The van der Waals surface area contributed by atoms with Crippen molar-refractivity contribution in [1.82, 2.24) is 4.90 Å². The third-order valence-corrected chi connectivity index (χ3v) is 3.88. The van der Waals surface area contributed by atoms with E-state index in [4.69, 9.17) is 10.8 Å². The first-order chi connectivity index (χ1) is 8.15. The molecule has 0 spiro atoms. The van der Waals surface area contributed by atoms with Crippen LogP contribution >= 0.6 is 0 Å². The molecule has 0 radical (unpaired) electrons. The summed E-state index contributed by atoms with van der Waals surface area (Å²) < 4.78 is 37.2. The van der Waals surface area contributed by atoms with Gasteiger partial charge in [-0.25, -0.2) is 0 Å². The fourth-order valence-electron chi connectivity index (χ4n) is 2.71. The lowest BCUT2D eigenvalue weighted by atomic mass is 9.85. The lowest BCUT2D eigenvalue weighted by molar-refractivity contribution is -0.148. The Bertz CT molecular complexity index is 269.